The van der Waals surface area contributed by atoms with Crippen LogP contribution >= 0.6 is 15.9 Å². The Bertz CT molecular complexity index is 1110. The topological polar surface area (TPSA) is 47.9 Å². The molecule has 0 atom stereocenters. The monoisotopic (exact) mass is 451 g/mol. The van der Waals surface area contributed by atoms with Crippen LogP contribution < -0.4 is 4.74 Å². The van der Waals surface area contributed by atoms with E-state index in [-0.39, 0.29) is 11.6 Å². The molecule has 0 fully saturated rings. The predicted molar refractivity (Wildman–Crippen MR) is 112 cm³/mol. The number of ether oxygens (including phenoxy) is 2. The molecule has 0 bridgehead atoms. The van der Waals surface area contributed by atoms with Crippen molar-refractivity contribution in [2.75, 3.05) is 0 Å². The standard InChI is InChI=1S/C23H15BrFNO3/c24-18-8-4-16(5-9-18)14-28-20-10-6-15(7-11-20)12-21-23(27)29-22(26-21)17-2-1-3-19(25)13-17/h1-13H,14H2. The van der Waals surface area contributed by atoms with Gasteiger partial charge < -0.3 is 9.47 Å². The second-order valence-electron chi connectivity index (χ2n) is 6.33. The van der Waals surface area contributed by atoms with E-state index < -0.39 is 11.8 Å². The summed E-state index contributed by atoms with van der Waals surface area (Å²) in [6, 6.07) is 21.0. The summed E-state index contributed by atoms with van der Waals surface area (Å²) >= 11 is 3.40. The SMILES string of the molecule is O=C1OC(c2cccc(F)c2)=NC1=Cc1ccc(OCc2ccc(Br)cc2)cc1. The number of esters is 1. The Morgan fingerprint density at radius 2 is 1.79 bits per heavy atom. The fourth-order valence-electron chi connectivity index (χ4n) is 2.72. The van der Waals surface area contributed by atoms with E-state index in [0.29, 0.717) is 17.9 Å². The van der Waals surface area contributed by atoms with Crippen LogP contribution in [-0.4, -0.2) is 11.9 Å². The van der Waals surface area contributed by atoms with Crippen molar-refractivity contribution in [3.63, 3.8) is 0 Å². The van der Waals surface area contributed by atoms with Gasteiger partial charge in [0, 0.05) is 10.0 Å². The van der Waals surface area contributed by atoms with E-state index in [9.17, 15) is 9.18 Å². The van der Waals surface area contributed by atoms with Gasteiger partial charge in [-0.2, -0.15) is 0 Å². The van der Waals surface area contributed by atoms with E-state index in [4.69, 9.17) is 9.47 Å². The molecular formula is C23H15BrFNO3. The fraction of sp³-hybridized carbons (Fsp3) is 0.0435. The van der Waals surface area contributed by atoms with Gasteiger partial charge in [-0.3, -0.25) is 0 Å². The average Bonchev–Trinajstić information content (AvgIpc) is 3.09. The van der Waals surface area contributed by atoms with Gasteiger partial charge in [0.15, 0.2) is 5.70 Å². The van der Waals surface area contributed by atoms with Crippen LogP contribution in [0.3, 0.4) is 0 Å². The minimum Gasteiger partial charge on any atom is -0.489 e. The van der Waals surface area contributed by atoms with Gasteiger partial charge in [-0.15, -0.1) is 0 Å². The maximum Gasteiger partial charge on any atom is 0.363 e. The molecule has 144 valence electrons. The summed E-state index contributed by atoms with van der Waals surface area (Å²) in [7, 11) is 0. The van der Waals surface area contributed by atoms with Crippen LogP contribution in [0.4, 0.5) is 4.39 Å². The molecule has 0 saturated heterocycles. The second kappa shape index (κ2) is 8.41. The molecule has 0 aliphatic carbocycles. The Kier molecular flexibility index (Phi) is 5.53. The van der Waals surface area contributed by atoms with Gasteiger partial charge in [0.05, 0.1) is 0 Å². The molecule has 0 spiro atoms. The highest BCUT2D eigenvalue weighted by Gasteiger charge is 2.24. The van der Waals surface area contributed by atoms with E-state index in [1.54, 1.807) is 12.1 Å². The van der Waals surface area contributed by atoms with Gasteiger partial charge in [0.2, 0.25) is 5.90 Å². The van der Waals surface area contributed by atoms with Crippen LogP contribution in [0.1, 0.15) is 16.7 Å². The number of hydrogen-bond donors (Lipinski definition) is 0. The van der Waals surface area contributed by atoms with Crippen molar-refractivity contribution in [3.8, 4) is 5.75 Å². The number of aliphatic imine (C=N–C) groups is 1. The molecule has 4 nitrogen and oxygen atoms in total. The maximum atomic E-state index is 13.4. The second-order valence-corrected chi connectivity index (χ2v) is 7.25. The molecule has 0 radical (unpaired) electrons. The van der Waals surface area contributed by atoms with Crippen molar-refractivity contribution in [1.82, 2.24) is 0 Å². The van der Waals surface area contributed by atoms with Gasteiger partial charge in [-0.05, 0) is 59.7 Å². The number of cyclic esters (lactones) is 1. The van der Waals surface area contributed by atoms with Crippen LogP contribution in [0.25, 0.3) is 6.08 Å². The summed E-state index contributed by atoms with van der Waals surface area (Å²) in [4.78, 5) is 16.3. The normalized spacial score (nSPS) is 14.6. The van der Waals surface area contributed by atoms with Crippen LogP contribution in [-0.2, 0) is 16.1 Å². The van der Waals surface area contributed by atoms with Crippen molar-refractivity contribution >= 4 is 33.9 Å². The molecule has 0 N–H and O–H groups in total. The average molecular weight is 452 g/mol. The fourth-order valence-corrected chi connectivity index (χ4v) is 2.98. The molecule has 1 aliphatic heterocycles. The van der Waals surface area contributed by atoms with E-state index in [0.717, 1.165) is 15.6 Å². The van der Waals surface area contributed by atoms with Crippen LogP contribution in [0.2, 0.25) is 0 Å². The number of hydrogen-bond acceptors (Lipinski definition) is 4. The third-order valence-corrected chi connectivity index (χ3v) is 4.72. The Hall–Kier alpha value is -3.25. The van der Waals surface area contributed by atoms with Gasteiger partial charge in [0.25, 0.3) is 0 Å². The Morgan fingerprint density at radius 1 is 1.03 bits per heavy atom. The number of carbonyl (C=O) groups is 1. The van der Waals surface area contributed by atoms with Crippen molar-refractivity contribution in [3.05, 3.63) is 105 Å². The van der Waals surface area contributed by atoms with Crippen molar-refractivity contribution in [2.45, 2.75) is 6.61 Å². The van der Waals surface area contributed by atoms with Crippen LogP contribution in [0.15, 0.2) is 88.0 Å². The van der Waals surface area contributed by atoms with E-state index in [1.807, 2.05) is 48.5 Å². The summed E-state index contributed by atoms with van der Waals surface area (Å²) < 4.78 is 25.3. The van der Waals surface area contributed by atoms with Gasteiger partial charge in [0.1, 0.15) is 18.2 Å². The summed E-state index contributed by atoms with van der Waals surface area (Å²) in [5.41, 5.74) is 2.41. The molecule has 3 aromatic carbocycles. The molecule has 29 heavy (non-hydrogen) atoms. The molecule has 4 rings (SSSR count). The zero-order chi connectivity index (χ0) is 20.2. The molecule has 0 saturated carbocycles. The highest BCUT2D eigenvalue weighted by molar-refractivity contribution is 9.10. The number of rotatable bonds is 5. The largest absolute Gasteiger partial charge is 0.489 e. The lowest BCUT2D eigenvalue weighted by Gasteiger charge is -2.06. The van der Waals surface area contributed by atoms with Crippen molar-refractivity contribution < 1.29 is 18.7 Å². The van der Waals surface area contributed by atoms with Gasteiger partial charge in [-0.1, -0.05) is 46.3 Å². The molecule has 6 heteroatoms. The Morgan fingerprint density at radius 3 is 2.52 bits per heavy atom. The first-order valence-corrected chi connectivity index (χ1v) is 9.62. The lowest BCUT2D eigenvalue weighted by atomic mass is 10.2. The lowest BCUT2D eigenvalue weighted by Crippen LogP contribution is -2.05. The van der Waals surface area contributed by atoms with E-state index in [1.165, 1.54) is 18.2 Å². The maximum absolute atomic E-state index is 13.4. The molecule has 0 amide bonds. The first-order chi connectivity index (χ1) is 14.1. The zero-order valence-corrected chi connectivity index (χ0v) is 16.7. The quantitative estimate of drug-likeness (QED) is 0.379. The highest BCUT2D eigenvalue weighted by Crippen LogP contribution is 2.21. The van der Waals surface area contributed by atoms with Crippen LogP contribution in [0.5, 0.6) is 5.75 Å². The van der Waals surface area contributed by atoms with Crippen LogP contribution in [0, 0.1) is 5.82 Å². The summed E-state index contributed by atoms with van der Waals surface area (Å²) in [6.45, 7) is 0.460. The van der Waals surface area contributed by atoms with E-state index >= 15 is 0 Å². The summed E-state index contributed by atoms with van der Waals surface area (Å²) in [5.74, 6) is -0.180. The first-order valence-electron chi connectivity index (χ1n) is 8.83. The Balaban J connectivity index is 1.45. The van der Waals surface area contributed by atoms with E-state index in [2.05, 4.69) is 20.9 Å². The Labute approximate surface area is 175 Å². The van der Waals surface area contributed by atoms with Crippen molar-refractivity contribution in [1.29, 1.82) is 0 Å². The third-order valence-electron chi connectivity index (χ3n) is 4.19. The van der Waals surface area contributed by atoms with Gasteiger partial charge in [-0.25, -0.2) is 14.2 Å². The molecule has 3 aromatic rings. The summed E-state index contributed by atoms with van der Waals surface area (Å²) in [6.07, 6.45) is 1.62. The number of halogens is 2. The predicted octanol–water partition coefficient (Wildman–Crippen LogP) is 5.51. The first kappa shape index (κ1) is 19.1. The third kappa shape index (κ3) is 4.78. The summed E-state index contributed by atoms with van der Waals surface area (Å²) in [5, 5.41) is 0. The minimum absolute atomic E-state index is 0.0928. The van der Waals surface area contributed by atoms with Gasteiger partial charge >= 0.3 is 5.97 Å². The van der Waals surface area contributed by atoms with Crippen molar-refractivity contribution in [2.24, 2.45) is 4.99 Å². The minimum atomic E-state index is -0.570. The molecule has 1 heterocycles. The lowest BCUT2D eigenvalue weighted by molar-refractivity contribution is -0.129. The molecule has 0 aromatic heterocycles. The number of carbonyl (C=O) groups excluding carboxylic acids is 1. The zero-order valence-electron chi connectivity index (χ0n) is 15.1. The number of benzene rings is 3. The smallest absolute Gasteiger partial charge is 0.363 e. The highest BCUT2D eigenvalue weighted by atomic mass is 79.9. The molecular weight excluding hydrogens is 437 g/mol. The number of nitrogens with zero attached hydrogens (tertiary/aromatic N) is 1. The molecule has 0 unspecified atom stereocenters. The molecule has 1 aliphatic rings.